The van der Waals surface area contributed by atoms with Crippen molar-refractivity contribution in [1.82, 2.24) is 0 Å². The van der Waals surface area contributed by atoms with E-state index in [1.807, 2.05) is 54.6 Å². The van der Waals surface area contributed by atoms with Gasteiger partial charge >= 0.3 is 5.97 Å². The molecule has 0 aromatic heterocycles. The first-order valence-corrected chi connectivity index (χ1v) is 7.70. The minimum atomic E-state index is -0.379. The normalized spacial score (nSPS) is 14.2. The molecule has 0 unspecified atom stereocenters. The van der Waals surface area contributed by atoms with Crippen LogP contribution >= 0.6 is 0 Å². The molecule has 3 rings (SSSR count). The van der Waals surface area contributed by atoms with Crippen LogP contribution in [0.25, 0.3) is 5.57 Å². The molecule has 0 saturated heterocycles. The largest absolute Gasteiger partial charge is 0.461 e. The monoisotopic (exact) mass is 306 g/mol. The number of aryl methyl sites for hydroxylation is 1. The molecule has 0 N–H and O–H groups in total. The smallest absolute Gasteiger partial charge is 0.302 e. The molecule has 0 fully saturated rings. The lowest BCUT2D eigenvalue weighted by Crippen LogP contribution is -2.13. The first kappa shape index (κ1) is 15.2. The van der Waals surface area contributed by atoms with Gasteiger partial charge in [-0.3, -0.25) is 9.59 Å². The van der Waals surface area contributed by atoms with Gasteiger partial charge in [0.1, 0.15) is 6.61 Å². The molecule has 0 atom stereocenters. The lowest BCUT2D eigenvalue weighted by atomic mass is 9.95. The fraction of sp³-hybridized carbons (Fsp3) is 0.200. The fourth-order valence-corrected chi connectivity index (χ4v) is 2.95. The van der Waals surface area contributed by atoms with Crippen molar-refractivity contribution in [2.45, 2.75) is 19.8 Å². The highest BCUT2D eigenvalue weighted by molar-refractivity contribution is 6.15. The van der Waals surface area contributed by atoms with Gasteiger partial charge in [-0.1, -0.05) is 54.6 Å². The number of esters is 1. The van der Waals surface area contributed by atoms with E-state index in [2.05, 4.69) is 0 Å². The third-order valence-corrected chi connectivity index (χ3v) is 4.09. The van der Waals surface area contributed by atoms with Gasteiger partial charge in [-0.05, 0) is 29.5 Å². The van der Waals surface area contributed by atoms with Crippen LogP contribution in [0.2, 0.25) is 0 Å². The van der Waals surface area contributed by atoms with Gasteiger partial charge in [0, 0.05) is 18.1 Å². The predicted octanol–water partition coefficient (Wildman–Crippen LogP) is 3.83. The zero-order valence-electron chi connectivity index (χ0n) is 13.0. The van der Waals surface area contributed by atoms with Gasteiger partial charge in [-0.25, -0.2) is 0 Å². The Hall–Kier alpha value is -2.68. The third kappa shape index (κ3) is 3.24. The Labute approximate surface area is 135 Å². The Morgan fingerprint density at radius 3 is 2.43 bits per heavy atom. The first-order chi connectivity index (χ1) is 11.2. The van der Waals surface area contributed by atoms with Crippen LogP contribution in [0.3, 0.4) is 0 Å². The van der Waals surface area contributed by atoms with Gasteiger partial charge in [0.05, 0.1) is 0 Å². The van der Waals surface area contributed by atoms with E-state index in [1.165, 1.54) is 6.92 Å². The average molecular weight is 306 g/mol. The van der Waals surface area contributed by atoms with Crippen molar-refractivity contribution in [2.24, 2.45) is 0 Å². The number of hydrogen-bond donors (Lipinski definition) is 0. The van der Waals surface area contributed by atoms with Crippen LogP contribution in [0.1, 0.15) is 34.8 Å². The molecule has 3 nitrogen and oxygen atoms in total. The summed E-state index contributed by atoms with van der Waals surface area (Å²) in [5.41, 5.74) is 4.31. The predicted molar refractivity (Wildman–Crippen MR) is 89.1 cm³/mol. The van der Waals surface area contributed by atoms with Crippen LogP contribution in [-0.4, -0.2) is 18.4 Å². The number of carbonyl (C=O) groups excluding carboxylic acids is 2. The second-order valence-electron chi connectivity index (χ2n) is 5.59. The minimum absolute atomic E-state index is 0.0206. The number of benzene rings is 2. The topological polar surface area (TPSA) is 43.4 Å². The highest BCUT2D eigenvalue weighted by atomic mass is 16.5. The average Bonchev–Trinajstić information content (AvgIpc) is 2.71. The highest BCUT2D eigenvalue weighted by Crippen LogP contribution is 2.31. The molecular formula is C20H18O3. The van der Waals surface area contributed by atoms with Gasteiger partial charge in [0.25, 0.3) is 0 Å². The summed E-state index contributed by atoms with van der Waals surface area (Å²) in [5.74, 6) is -0.423. The number of carbonyl (C=O) groups is 2. The van der Waals surface area contributed by atoms with Crippen molar-refractivity contribution < 1.29 is 14.3 Å². The first-order valence-electron chi connectivity index (χ1n) is 7.70. The van der Waals surface area contributed by atoms with E-state index in [1.54, 1.807) is 0 Å². The summed E-state index contributed by atoms with van der Waals surface area (Å²) in [4.78, 5) is 24.2. The van der Waals surface area contributed by atoms with E-state index in [0.29, 0.717) is 11.1 Å². The van der Waals surface area contributed by atoms with Crippen molar-refractivity contribution in [3.63, 3.8) is 0 Å². The number of allylic oxidation sites excluding steroid dienone is 1. The molecule has 0 aliphatic heterocycles. The molecule has 0 radical (unpaired) electrons. The van der Waals surface area contributed by atoms with Crippen molar-refractivity contribution >= 4 is 17.3 Å². The van der Waals surface area contributed by atoms with Gasteiger partial charge in [0.15, 0.2) is 5.78 Å². The van der Waals surface area contributed by atoms with Crippen molar-refractivity contribution in [3.05, 3.63) is 76.9 Å². The van der Waals surface area contributed by atoms with E-state index in [-0.39, 0.29) is 18.4 Å². The van der Waals surface area contributed by atoms with Gasteiger partial charge in [-0.15, -0.1) is 0 Å². The summed E-state index contributed by atoms with van der Waals surface area (Å²) in [6.07, 6.45) is 1.55. The number of ketones is 1. The van der Waals surface area contributed by atoms with Crippen LogP contribution in [0.5, 0.6) is 0 Å². The molecule has 3 heteroatoms. The second-order valence-corrected chi connectivity index (χ2v) is 5.59. The fourth-order valence-electron chi connectivity index (χ4n) is 2.95. The molecule has 1 aliphatic rings. The zero-order valence-corrected chi connectivity index (χ0v) is 13.0. The maximum atomic E-state index is 13.0. The molecule has 0 saturated carbocycles. The number of rotatable bonds is 3. The van der Waals surface area contributed by atoms with Crippen LogP contribution < -0.4 is 0 Å². The standard InChI is InChI=1S/C20H18O3/c1-14(21)23-13-19-17(15-7-3-2-4-8-15)12-11-16-9-5-6-10-18(16)20(19)22/h2-10H,11-13H2,1H3. The molecule has 1 aliphatic carbocycles. The molecule has 0 heterocycles. The minimum Gasteiger partial charge on any atom is -0.461 e. The molecule has 2 aromatic rings. The lowest BCUT2D eigenvalue weighted by Gasteiger charge is -2.12. The van der Waals surface area contributed by atoms with Crippen LogP contribution in [0.4, 0.5) is 0 Å². The SMILES string of the molecule is CC(=O)OCC1=C(c2ccccc2)CCc2ccccc2C1=O. The number of ether oxygens (including phenoxy) is 1. The Bertz CT molecular complexity index is 772. The van der Waals surface area contributed by atoms with Gasteiger partial charge in [0.2, 0.25) is 0 Å². The van der Waals surface area contributed by atoms with E-state index < -0.39 is 0 Å². The quantitative estimate of drug-likeness (QED) is 0.809. The second kappa shape index (κ2) is 6.61. The summed E-state index contributed by atoms with van der Waals surface area (Å²) in [5, 5.41) is 0. The number of fused-ring (bicyclic) bond motifs is 1. The van der Waals surface area contributed by atoms with Crippen molar-refractivity contribution in [1.29, 1.82) is 0 Å². The van der Waals surface area contributed by atoms with Crippen molar-refractivity contribution in [2.75, 3.05) is 6.61 Å². The maximum absolute atomic E-state index is 13.0. The summed E-state index contributed by atoms with van der Waals surface area (Å²) in [6, 6.07) is 17.5. The number of hydrogen-bond acceptors (Lipinski definition) is 3. The summed E-state index contributed by atoms with van der Waals surface area (Å²) < 4.78 is 5.16. The van der Waals surface area contributed by atoms with Gasteiger partial charge in [-0.2, -0.15) is 0 Å². The highest BCUT2D eigenvalue weighted by Gasteiger charge is 2.24. The summed E-state index contributed by atoms with van der Waals surface area (Å²) >= 11 is 0. The Morgan fingerprint density at radius 1 is 1.00 bits per heavy atom. The van der Waals surface area contributed by atoms with Gasteiger partial charge < -0.3 is 4.74 Å². The molecule has 2 aromatic carbocycles. The molecular weight excluding hydrogens is 288 g/mol. The molecule has 116 valence electrons. The maximum Gasteiger partial charge on any atom is 0.302 e. The molecule has 0 bridgehead atoms. The van der Waals surface area contributed by atoms with Crippen LogP contribution in [0.15, 0.2) is 60.2 Å². The lowest BCUT2D eigenvalue weighted by molar-refractivity contribution is -0.139. The van der Waals surface area contributed by atoms with E-state index >= 15 is 0 Å². The molecule has 0 amide bonds. The Morgan fingerprint density at radius 2 is 1.70 bits per heavy atom. The van der Waals surface area contributed by atoms with E-state index in [0.717, 1.165) is 29.5 Å². The Balaban J connectivity index is 2.09. The summed E-state index contributed by atoms with van der Waals surface area (Å²) in [6.45, 7) is 1.38. The molecule has 0 spiro atoms. The van der Waals surface area contributed by atoms with Crippen molar-refractivity contribution in [3.8, 4) is 0 Å². The van der Waals surface area contributed by atoms with Crippen LogP contribution in [0, 0.1) is 0 Å². The van der Waals surface area contributed by atoms with E-state index in [9.17, 15) is 9.59 Å². The summed E-state index contributed by atoms with van der Waals surface area (Å²) in [7, 11) is 0. The van der Waals surface area contributed by atoms with Crippen LogP contribution in [-0.2, 0) is 16.0 Å². The third-order valence-electron chi connectivity index (χ3n) is 4.09. The Kier molecular flexibility index (Phi) is 4.38. The molecule has 23 heavy (non-hydrogen) atoms. The zero-order chi connectivity index (χ0) is 16.2. The van der Waals surface area contributed by atoms with E-state index in [4.69, 9.17) is 4.74 Å². The number of Topliss-reactive ketones (excluding diaryl/α,β-unsaturated/α-hetero) is 1.